The van der Waals surface area contributed by atoms with Crippen LogP contribution in [0.1, 0.15) is 20.9 Å². The number of hydrogen-bond donors (Lipinski definition) is 1. The zero-order chi connectivity index (χ0) is 22.1. The predicted octanol–water partition coefficient (Wildman–Crippen LogP) is 1.53. The summed E-state index contributed by atoms with van der Waals surface area (Å²) in [7, 11) is -4.06. The Balaban J connectivity index is 1.71. The van der Waals surface area contributed by atoms with Crippen LogP contribution in [0.2, 0.25) is 0 Å². The first-order valence-electron chi connectivity index (χ1n) is 8.39. The summed E-state index contributed by atoms with van der Waals surface area (Å²) in [6.45, 7) is -0.315. The maximum absolute atomic E-state index is 12.7. The highest BCUT2D eigenvalue weighted by Crippen LogP contribution is 2.37. The molecule has 0 atom stereocenters. The van der Waals surface area contributed by atoms with Crippen LogP contribution in [0, 0.1) is 0 Å². The van der Waals surface area contributed by atoms with Crippen molar-refractivity contribution in [3.8, 4) is 0 Å². The minimum atomic E-state index is -4.61. The molecule has 2 N–H and O–H groups in total. The highest BCUT2D eigenvalue weighted by Gasteiger charge is 2.35. The molecule has 1 fully saturated rings. The quantitative estimate of drug-likeness (QED) is 0.665. The lowest BCUT2D eigenvalue weighted by Gasteiger charge is -2.33. The lowest BCUT2D eigenvalue weighted by atomic mass is 10.2. The lowest BCUT2D eigenvalue weighted by molar-refractivity contribution is -0.0329. The van der Waals surface area contributed by atoms with Crippen molar-refractivity contribution >= 4 is 33.6 Å². The van der Waals surface area contributed by atoms with Crippen LogP contribution in [0.5, 0.6) is 0 Å². The van der Waals surface area contributed by atoms with E-state index in [0.29, 0.717) is 0 Å². The fraction of sp³-hybridized carbons (Fsp3) is 0.312. The molecule has 0 saturated carbocycles. The van der Waals surface area contributed by atoms with Gasteiger partial charge in [0.1, 0.15) is 5.03 Å². The Morgan fingerprint density at radius 2 is 1.80 bits per heavy atom. The number of primary amides is 1. The van der Waals surface area contributed by atoms with E-state index in [1.54, 1.807) is 0 Å². The smallest absolute Gasteiger partial charge is 0.438 e. The monoisotopic (exact) mass is 464 g/mol. The number of furan rings is 1. The number of carbonyl (C=O) groups excluding carboxylic acids is 2. The number of amides is 2. The van der Waals surface area contributed by atoms with Gasteiger partial charge in [-0.3, -0.25) is 9.59 Å². The number of nitrogens with zero attached hydrogens (tertiary/aromatic N) is 3. The summed E-state index contributed by atoms with van der Waals surface area (Å²) >= 11 is -0.489. The minimum Gasteiger partial charge on any atom is -0.438 e. The molecule has 0 radical (unpaired) electrons. The molecule has 0 bridgehead atoms. The molecular weight excluding hydrogens is 449 g/mol. The lowest BCUT2D eigenvalue weighted by Crippen LogP contribution is -2.50. The summed E-state index contributed by atoms with van der Waals surface area (Å²) in [4.78, 5) is 28.6. The van der Waals surface area contributed by atoms with Gasteiger partial charge >= 0.3 is 5.51 Å². The third kappa shape index (κ3) is 4.76. The van der Waals surface area contributed by atoms with E-state index in [9.17, 15) is 31.2 Å². The number of carbonyl (C=O) groups is 2. The van der Waals surface area contributed by atoms with Gasteiger partial charge in [0.15, 0.2) is 5.76 Å². The molecule has 2 aromatic heterocycles. The van der Waals surface area contributed by atoms with E-state index in [0.717, 1.165) is 22.6 Å². The molecule has 0 spiro atoms. The molecule has 3 heterocycles. The van der Waals surface area contributed by atoms with Crippen molar-refractivity contribution in [2.45, 2.75) is 15.6 Å². The second-order valence-electron chi connectivity index (χ2n) is 6.08. The maximum Gasteiger partial charge on any atom is 0.447 e. The third-order valence-corrected chi connectivity index (χ3v) is 6.68. The van der Waals surface area contributed by atoms with Crippen LogP contribution >= 0.6 is 11.8 Å². The zero-order valence-electron chi connectivity index (χ0n) is 15.1. The Labute approximate surface area is 173 Å². The topological polar surface area (TPSA) is 127 Å². The summed E-state index contributed by atoms with van der Waals surface area (Å²) in [5.41, 5.74) is 0.221. The summed E-state index contributed by atoms with van der Waals surface area (Å²) in [6, 6.07) is 4.82. The Bertz CT molecular complexity index is 1060. The number of pyridine rings is 1. The highest BCUT2D eigenvalue weighted by molar-refractivity contribution is 8.00. The zero-order valence-corrected chi connectivity index (χ0v) is 16.8. The minimum absolute atomic E-state index is 0.0491. The summed E-state index contributed by atoms with van der Waals surface area (Å²) < 4.78 is 69.4. The van der Waals surface area contributed by atoms with Crippen LogP contribution in [0.4, 0.5) is 13.2 Å². The number of halogens is 3. The van der Waals surface area contributed by atoms with Crippen LogP contribution in [0.3, 0.4) is 0 Å². The number of alkyl halides is 3. The van der Waals surface area contributed by atoms with Crippen molar-refractivity contribution in [3.63, 3.8) is 0 Å². The Morgan fingerprint density at radius 1 is 1.13 bits per heavy atom. The largest absolute Gasteiger partial charge is 0.447 e. The van der Waals surface area contributed by atoms with Gasteiger partial charge in [-0.1, -0.05) is 0 Å². The average molecular weight is 464 g/mol. The van der Waals surface area contributed by atoms with Crippen molar-refractivity contribution in [1.29, 1.82) is 0 Å². The van der Waals surface area contributed by atoms with E-state index in [-0.39, 0.29) is 37.5 Å². The second-order valence-corrected chi connectivity index (χ2v) is 9.01. The normalized spacial score (nSPS) is 15.9. The van der Waals surface area contributed by atoms with Crippen LogP contribution in [-0.2, 0) is 10.0 Å². The fourth-order valence-corrected chi connectivity index (χ4v) is 4.70. The predicted molar refractivity (Wildman–Crippen MR) is 98.0 cm³/mol. The molecular formula is C16H15F3N4O5S2. The molecule has 162 valence electrons. The summed E-state index contributed by atoms with van der Waals surface area (Å²) in [5, 5.41) is -0.938. The van der Waals surface area contributed by atoms with E-state index >= 15 is 0 Å². The molecule has 1 saturated heterocycles. The molecule has 0 aromatic carbocycles. The molecule has 14 heteroatoms. The first-order chi connectivity index (χ1) is 14.0. The van der Waals surface area contributed by atoms with Crippen molar-refractivity contribution in [1.82, 2.24) is 14.2 Å². The van der Waals surface area contributed by atoms with Gasteiger partial charge in [0, 0.05) is 44.1 Å². The number of sulfonamides is 1. The molecule has 2 aromatic rings. The first-order valence-corrected chi connectivity index (χ1v) is 10.6. The molecule has 0 unspecified atom stereocenters. The molecule has 0 aliphatic carbocycles. The van der Waals surface area contributed by atoms with Gasteiger partial charge in [-0.05, 0) is 24.3 Å². The Morgan fingerprint density at radius 3 is 2.37 bits per heavy atom. The SMILES string of the molecule is NC(=O)c1ccc(S(=O)(=O)N2CCN(C(=O)c3cccnc3SC(F)(F)F)CC2)o1. The van der Waals surface area contributed by atoms with Crippen molar-refractivity contribution < 1.29 is 35.6 Å². The number of nitrogens with two attached hydrogens (primary N) is 1. The number of rotatable bonds is 5. The Kier molecular flexibility index (Phi) is 6.10. The average Bonchev–Trinajstić information content (AvgIpc) is 3.18. The van der Waals surface area contributed by atoms with Gasteiger partial charge in [-0.2, -0.15) is 17.5 Å². The van der Waals surface area contributed by atoms with E-state index < -0.39 is 49.2 Å². The molecule has 30 heavy (non-hydrogen) atoms. The van der Waals surface area contributed by atoms with Crippen LogP contribution in [0.15, 0.2) is 45.0 Å². The van der Waals surface area contributed by atoms with Gasteiger partial charge < -0.3 is 15.1 Å². The van der Waals surface area contributed by atoms with E-state index in [4.69, 9.17) is 10.2 Å². The van der Waals surface area contributed by atoms with Gasteiger partial charge in [-0.25, -0.2) is 13.4 Å². The van der Waals surface area contributed by atoms with Crippen molar-refractivity contribution in [2.24, 2.45) is 5.73 Å². The van der Waals surface area contributed by atoms with Crippen LogP contribution in [0.25, 0.3) is 0 Å². The molecule has 1 aliphatic heterocycles. The Hall–Kier alpha value is -2.58. The van der Waals surface area contributed by atoms with Crippen molar-refractivity contribution in [3.05, 3.63) is 41.8 Å². The number of aromatic nitrogens is 1. The number of piperazine rings is 1. The van der Waals surface area contributed by atoms with Gasteiger partial charge in [0.25, 0.3) is 21.8 Å². The number of thioether (sulfide) groups is 1. The van der Waals surface area contributed by atoms with Gasteiger partial charge in [0.2, 0.25) is 5.09 Å². The van der Waals surface area contributed by atoms with Crippen molar-refractivity contribution in [2.75, 3.05) is 26.2 Å². The molecule has 3 rings (SSSR count). The molecule has 1 aliphatic rings. The first kappa shape index (κ1) is 22.1. The summed E-state index contributed by atoms with van der Waals surface area (Å²) in [5.74, 6) is -1.91. The fourth-order valence-electron chi connectivity index (χ4n) is 2.76. The van der Waals surface area contributed by atoms with Gasteiger partial charge in [-0.15, -0.1) is 0 Å². The van der Waals surface area contributed by atoms with E-state index in [1.807, 2.05) is 0 Å². The second kappa shape index (κ2) is 8.28. The van der Waals surface area contributed by atoms with Gasteiger partial charge in [0.05, 0.1) is 5.56 Å². The van der Waals surface area contributed by atoms with E-state index in [1.165, 1.54) is 17.0 Å². The van der Waals surface area contributed by atoms with Crippen LogP contribution in [-0.4, -0.2) is 66.1 Å². The third-order valence-electron chi connectivity index (χ3n) is 4.16. The van der Waals surface area contributed by atoms with Crippen LogP contribution < -0.4 is 5.73 Å². The number of hydrogen-bond acceptors (Lipinski definition) is 7. The standard InChI is InChI=1S/C16H15F3N4O5S2/c17-16(18,19)29-14-10(2-1-5-21-14)15(25)22-6-8-23(9-7-22)30(26,27)12-4-3-11(28-12)13(20)24/h1-5H,6-9H2,(H2,20,24). The molecule has 9 nitrogen and oxygen atoms in total. The maximum atomic E-state index is 12.7. The van der Waals surface area contributed by atoms with E-state index in [2.05, 4.69) is 4.98 Å². The highest BCUT2D eigenvalue weighted by atomic mass is 32.2. The summed E-state index contributed by atoms with van der Waals surface area (Å²) in [6.07, 6.45) is 1.15. The molecule has 2 amide bonds.